The summed E-state index contributed by atoms with van der Waals surface area (Å²) >= 11 is 0. The van der Waals surface area contributed by atoms with Gasteiger partial charge in [0.1, 0.15) is 17.3 Å². The number of anilines is 2. The van der Waals surface area contributed by atoms with Crippen LogP contribution in [0.4, 0.5) is 11.5 Å². The van der Waals surface area contributed by atoms with Crippen molar-refractivity contribution in [2.24, 2.45) is 0 Å². The van der Waals surface area contributed by atoms with Crippen molar-refractivity contribution in [3.8, 4) is 0 Å². The standard InChI is InChI=1S/C21H21N5O/c1-14-11-17-5-3-4-6-19(17)26(14)21(27)18-12-20(25-15(2)24-18)23-13-16-7-9-22-10-8-16/h3-10,12,14H,11,13H2,1-2H3,(H,23,24,25). The molecule has 0 spiro atoms. The number of nitrogens with one attached hydrogen (secondary N) is 1. The second kappa shape index (κ2) is 7.15. The molecule has 1 unspecified atom stereocenters. The number of fused-ring (bicyclic) bond motifs is 1. The third-order valence-corrected chi connectivity index (χ3v) is 4.71. The van der Waals surface area contributed by atoms with Crippen LogP contribution in [0.25, 0.3) is 0 Å². The summed E-state index contributed by atoms with van der Waals surface area (Å²) < 4.78 is 0. The van der Waals surface area contributed by atoms with Crippen molar-refractivity contribution < 1.29 is 4.79 Å². The largest absolute Gasteiger partial charge is 0.366 e. The zero-order chi connectivity index (χ0) is 18.8. The van der Waals surface area contributed by atoms with Crippen LogP contribution in [0.3, 0.4) is 0 Å². The summed E-state index contributed by atoms with van der Waals surface area (Å²) in [5.74, 6) is 1.12. The summed E-state index contributed by atoms with van der Waals surface area (Å²) in [7, 11) is 0. The third-order valence-electron chi connectivity index (χ3n) is 4.71. The summed E-state index contributed by atoms with van der Waals surface area (Å²) in [4.78, 5) is 27.9. The molecule has 1 atom stereocenters. The minimum atomic E-state index is -0.0927. The van der Waals surface area contributed by atoms with Gasteiger partial charge >= 0.3 is 0 Å². The topological polar surface area (TPSA) is 71.0 Å². The van der Waals surface area contributed by atoms with Gasteiger partial charge in [-0.2, -0.15) is 0 Å². The average molecular weight is 359 g/mol. The summed E-state index contributed by atoms with van der Waals surface area (Å²) in [5, 5.41) is 3.27. The minimum absolute atomic E-state index is 0.0927. The predicted molar refractivity (Wildman–Crippen MR) is 105 cm³/mol. The van der Waals surface area contributed by atoms with E-state index in [1.165, 1.54) is 5.56 Å². The summed E-state index contributed by atoms with van der Waals surface area (Å²) in [5.41, 5.74) is 3.66. The van der Waals surface area contributed by atoms with Crippen LogP contribution in [0.1, 0.15) is 34.4 Å². The number of amides is 1. The van der Waals surface area contributed by atoms with Gasteiger partial charge in [-0.3, -0.25) is 9.78 Å². The molecule has 0 radical (unpaired) electrons. The molecule has 4 rings (SSSR count). The Morgan fingerprint density at radius 2 is 1.96 bits per heavy atom. The van der Waals surface area contributed by atoms with Crippen molar-refractivity contribution in [2.45, 2.75) is 32.9 Å². The van der Waals surface area contributed by atoms with Crippen LogP contribution in [0.2, 0.25) is 0 Å². The van der Waals surface area contributed by atoms with Gasteiger partial charge in [-0.15, -0.1) is 0 Å². The molecule has 1 aliphatic heterocycles. The fourth-order valence-electron chi connectivity index (χ4n) is 3.46. The number of rotatable bonds is 4. The highest BCUT2D eigenvalue weighted by molar-refractivity contribution is 6.06. The maximum absolute atomic E-state index is 13.2. The summed E-state index contributed by atoms with van der Waals surface area (Å²) in [6, 6.07) is 13.8. The van der Waals surface area contributed by atoms with Crippen LogP contribution in [0.5, 0.6) is 0 Å². The van der Waals surface area contributed by atoms with Gasteiger partial charge in [-0.05, 0) is 49.6 Å². The average Bonchev–Trinajstić information content (AvgIpc) is 3.02. The van der Waals surface area contributed by atoms with Crippen LogP contribution in [0.15, 0.2) is 54.9 Å². The highest BCUT2D eigenvalue weighted by Gasteiger charge is 2.32. The molecule has 1 aromatic carbocycles. The van der Waals surface area contributed by atoms with E-state index in [0.717, 1.165) is 17.7 Å². The molecular weight excluding hydrogens is 338 g/mol. The van der Waals surface area contributed by atoms with Crippen molar-refractivity contribution in [1.29, 1.82) is 0 Å². The molecule has 0 saturated carbocycles. The molecule has 3 aromatic rings. The number of hydrogen-bond acceptors (Lipinski definition) is 5. The molecule has 27 heavy (non-hydrogen) atoms. The Bertz CT molecular complexity index is 973. The number of nitrogens with zero attached hydrogens (tertiary/aromatic N) is 4. The molecular formula is C21H21N5O. The van der Waals surface area contributed by atoms with Gasteiger partial charge in [0.25, 0.3) is 5.91 Å². The first-order chi connectivity index (χ1) is 13.1. The van der Waals surface area contributed by atoms with Crippen molar-refractivity contribution >= 4 is 17.4 Å². The lowest BCUT2D eigenvalue weighted by Crippen LogP contribution is -2.36. The van der Waals surface area contributed by atoms with Gasteiger partial charge in [-0.25, -0.2) is 9.97 Å². The zero-order valence-electron chi connectivity index (χ0n) is 15.4. The summed E-state index contributed by atoms with van der Waals surface area (Å²) in [6.07, 6.45) is 4.37. The van der Waals surface area contributed by atoms with E-state index in [1.54, 1.807) is 25.4 Å². The third kappa shape index (κ3) is 3.51. The number of benzene rings is 1. The van der Waals surface area contributed by atoms with Gasteiger partial charge in [-0.1, -0.05) is 18.2 Å². The molecule has 6 nitrogen and oxygen atoms in total. The van der Waals surface area contributed by atoms with Crippen LogP contribution in [-0.4, -0.2) is 26.9 Å². The molecule has 136 valence electrons. The van der Waals surface area contributed by atoms with Gasteiger partial charge < -0.3 is 10.2 Å². The van der Waals surface area contributed by atoms with E-state index in [-0.39, 0.29) is 11.9 Å². The molecule has 1 aliphatic rings. The first kappa shape index (κ1) is 17.1. The highest BCUT2D eigenvalue weighted by Crippen LogP contribution is 2.33. The summed E-state index contributed by atoms with van der Waals surface area (Å²) in [6.45, 7) is 4.47. The molecule has 2 aromatic heterocycles. The van der Waals surface area contributed by atoms with E-state index >= 15 is 0 Å². The molecule has 0 fully saturated rings. The molecule has 0 saturated heterocycles. The van der Waals surface area contributed by atoms with E-state index in [9.17, 15) is 4.79 Å². The first-order valence-electron chi connectivity index (χ1n) is 9.02. The smallest absolute Gasteiger partial charge is 0.277 e. The maximum Gasteiger partial charge on any atom is 0.277 e. The monoisotopic (exact) mass is 359 g/mol. The SMILES string of the molecule is Cc1nc(NCc2ccncc2)cc(C(=O)N2c3ccccc3CC2C)n1. The second-order valence-electron chi connectivity index (χ2n) is 6.75. The van der Waals surface area contributed by atoms with E-state index < -0.39 is 0 Å². The zero-order valence-corrected chi connectivity index (χ0v) is 15.4. The highest BCUT2D eigenvalue weighted by atomic mass is 16.2. The number of para-hydroxylation sites is 1. The van der Waals surface area contributed by atoms with Crippen LogP contribution < -0.4 is 10.2 Å². The lowest BCUT2D eigenvalue weighted by Gasteiger charge is -2.22. The Balaban J connectivity index is 1.58. The lowest BCUT2D eigenvalue weighted by molar-refractivity contribution is 0.0976. The van der Waals surface area contributed by atoms with Gasteiger partial charge in [0.05, 0.1) is 0 Å². The minimum Gasteiger partial charge on any atom is -0.366 e. The Labute approximate surface area is 158 Å². The Kier molecular flexibility index (Phi) is 4.54. The first-order valence-corrected chi connectivity index (χ1v) is 9.02. The molecule has 3 heterocycles. The van der Waals surface area contributed by atoms with Crippen LogP contribution >= 0.6 is 0 Å². The molecule has 1 N–H and O–H groups in total. The van der Waals surface area contributed by atoms with Crippen LogP contribution in [0, 0.1) is 6.92 Å². The lowest BCUT2D eigenvalue weighted by atomic mass is 10.1. The van der Waals surface area contributed by atoms with E-state index in [2.05, 4.69) is 33.3 Å². The maximum atomic E-state index is 13.2. The van der Waals surface area contributed by atoms with Gasteiger partial charge in [0.15, 0.2) is 0 Å². The number of pyridine rings is 1. The molecule has 1 amide bonds. The van der Waals surface area contributed by atoms with Gasteiger partial charge in [0, 0.05) is 36.7 Å². The number of carbonyl (C=O) groups excluding carboxylic acids is 1. The number of hydrogen-bond donors (Lipinski definition) is 1. The molecule has 6 heteroatoms. The Morgan fingerprint density at radius 1 is 1.19 bits per heavy atom. The van der Waals surface area contributed by atoms with Crippen molar-refractivity contribution in [3.63, 3.8) is 0 Å². The Hall–Kier alpha value is -3.28. The van der Waals surface area contributed by atoms with Crippen molar-refractivity contribution in [2.75, 3.05) is 10.2 Å². The molecule has 0 aliphatic carbocycles. The number of aromatic nitrogens is 3. The van der Waals surface area contributed by atoms with E-state index in [1.807, 2.05) is 35.2 Å². The molecule has 0 bridgehead atoms. The quantitative estimate of drug-likeness (QED) is 0.773. The Morgan fingerprint density at radius 3 is 2.78 bits per heavy atom. The normalized spacial score (nSPS) is 15.5. The van der Waals surface area contributed by atoms with E-state index in [0.29, 0.717) is 23.9 Å². The van der Waals surface area contributed by atoms with Crippen molar-refractivity contribution in [1.82, 2.24) is 15.0 Å². The number of carbonyl (C=O) groups is 1. The van der Waals surface area contributed by atoms with Crippen LogP contribution in [-0.2, 0) is 13.0 Å². The van der Waals surface area contributed by atoms with E-state index in [4.69, 9.17) is 0 Å². The fourth-order valence-corrected chi connectivity index (χ4v) is 3.46. The van der Waals surface area contributed by atoms with Crippen molar-refractivity contribution in [3.05, 3.63) is 77.5 Å². The fraction of sp³-hybridized carbons (Fsp3) is 0.238. The second-order valence-corrected chi connectivity index (χ2v) is 6.75. The van der Waals surface area contributed by atoms with Gasteiger partial charge in [0.2, 0.25) is 0 Å². The predicted octanol–water partition coefficient (Wildman–Crippen LogP) is 3.38. The number of aryl methyl sites for hydroxylation is 1.